The molecular formula is C22H20N6S. The van der Waals surface area contributed by atoms with Gasteiger partial charge in [-0.1, -0.05) is 65.9 Å². The summed E-state index contributed by atoms with van der Waals surface area (Å²) in [6.07, 6.45) is 5.82. The van der Waals surface area contributed by atoms with Gasteiger partial charge in [0.05, 0.1) is 11.9 Å². The van der Waals surface area contributed by atoms with E-state index in [1.165, 1.54) is 11.1 Å². The number of nitrogens with zero attached hydrogens (tertiary/aromatic N) is 5. The summed E-state index contributed by atoms with van der Waals surface area (Å²) in [5, 5.41) is 8.90. The lowest BCUT2D eigenvalue weighted by Gasteiger charge is -2.08. The van der Waals surface area contributed by atoms with E-state index in [1.807, 2.05) is 48.2 Å². The van der Waals surface area contributed by atoms with Gasteiger partial charge in [0.15, 0.2) is 0 Å². The molecular weight excluding hydrogens is 380 g/mol. The highest BCUT2D eigenvalue weighted by atomic mass is 32.1. The Balaban J connectivity index is 1.27. The molecule has 5 rings (SSSR count). The Morgan fingerprint density at radius 2 is 1.90 bits per heavy atom. The maximum absolute atomic E-state index is 4.69. The summed E-state index contributed by atoms with van der Waals surface area (Å²) in [4.78, 5) is 9.87. The Morgan fingerprint density at radius 3 is 2.69 bits per heavy atom. The van der Waals surface area contributed by atoms with Gasteiger partial charge in [0.1, 0.15) is 5.82 Å². The van der Waals surface area contributed by atoms with E-state index in [1.54, 1.807) is 11.3 Å². The van der Waals surface area contributed by atoms with Crippen molar-refractivity contribution in [3.05, 3.63) is 90.1 Å². The predicted molar refractivity (Wildman–Crippen MR) is 116 cm³/mol. The molecule has 0 aliphatic carbocycles. The van der Waals surface area contributed by atoms with Crippen molar-refractivity contribution in [2.45, 2.75) is 20.0 Å². The van der Waals surface area contributed by atoms with Crippen LogP contribution >= 0.6 is 11.3 Å². The van der Waals surface area contributed by atoms with Crippen molar-refractivity contribution in [3.63, 3.8) is 0 Å². The van der Waals surface area contributed by atoms with E-state index < -0.39 is 0 Å². The first-order chi connectivity index (χ1) is 14.2. The Kier molecular flexibility index (Phi) is 4.57. The molecule has 29 heavy (non-hydrogen) atoms. The van der Waals surface area contributed by atoms with Crippen molar-refractivity contribution in [2.75, 3.05) is 5.32 Å². The summed E-state index contributed by atoms with van der Waals surface area (Å²) < 4.78 is 3.99. The zero-order valence-corrected chi connectivity index (χ0v) is 16.8. The van der Waals surface area contributed by atoms with E-state index in [0.29, 0.717) is 0 Å². The summed E-state index contributed by atoms with van der Waals surface area (Å²) in [5.41, 5.74) is 4.52. The topological polar surface area (TPSA) is 60.0 Å². The van der Waals surface area contributed by atoms with E-state index in [4.69, 9.17) is 4.98 Å². The molecule has 0 unspecified atom stereocenters. The molecule has 0 aliphatic heterocycles. The molecule has 6 nitrogen and oxygen atoms in total. The normalized spacial score (nSPS) is 11.2. The lowest BCUT2D eigenvalue weighted by atomic mass is 10.1. The molecule has 0 saturated carbocycles. The molecule has 0 radical (unpaired) electrons. The van der Waals surface area contributed by atoms with Gasteiger partial charge in [-0.3, -0.25) is 0 Å². The Labute approximate surface area is 172 Å². The van der Waals surface area contributed by atoms with Gasteiger partial charge in [-0.2, -0.15) is 0 Å². The number of hydrogen-bond donors (Lipinski definition) is 1. The van der Waals surface area contributed by atoms with Crippen LogP contribution in [0, 0.1) is 6.92 Å². The minimum Gasteiger partial charge on any atom is -0.356 e. The number of hydrogen-bond acceptors (Lipinski definition) is 5. The van der Waals surface area contributed by atoms with Crippen LogP contribution in [0.5, 0.6) is 0 Å². The zero-order valence-electron chi connectivity index (χ0n) is 16.0. The molecule has 3 heterocycles. The van der Waals surface area contributed by atoms with Crippen LogP contribution in [0.2, 0.25) is 0 Å². The first-order valence-corrected chi connectivity index (χ1v) is 10.3. The van der Waals surface area contributed by atoms with Gasteiger partial charge in [0.2, 0.25) is 10.1 Å². The minimum absolute atomic E-state index is 0.721. The van der Waals surface area contributed by atoms with E-state index in [2.05, 4.69) is 56.4 Å². The van der Waals surface area contributed by atoms with Crippen LogP contribution in [0.4, 0.5) is 5.13 Å². The fourth-order valence-corrected chi connectivity index (χ4v) is 4.08. The molecule has 144 valence electrons. The second kappa shape index (κ2) is 7.52. The van der Waals surface area contributed by atoms with E-state index in [0.717, 1.165) is 40.3 Å². The van der Waals surface area contributed by atoms with Gasteiger partial charge in [0.25, 0.3) is 0 Å². The second-order valence-corrected chi connectivity index (χ2v) is 7.86. The summed E-state index contributed by atoms with van der Waals surface area (Å²) in [6, 6.07) is 18.8. The number of imidazole rings is 2. The van der Waals surface area contributed by atoms with Gasteiger partial charge >= 0.3 is 0 Å². The average Bonchev–Trinajstić information content (AvgIpc) is 3.43. The van der Waals surface area contributed by atoms with E-state index in [-0.39, 0.29) is 0 Å². The van der Waals surface area contributed by atoms with Crippen molar-refractivity contribution in [1.29, 1.82) is 0 Å². The van der Waals surface area contributed by atoms with Gasteiger partial charge in [-0.15, -0.1) is 5.10 Å². The second-order valence-electron chi connectivity index (χ2n) is 6.90. The molecule has 7 heteroatoms. The van der Waals surface area contributed by atoms with Crippen LogP contribution in [0.1, 0.15) is 17.0 Å². The van der Waals surface area contributed by atoms with Gasteiger partial charge in [0, 0.05) is 31.0 Å². The monoisotopic (exact) mass is 400 g/mol. The average molecular weight is 401 g/mol. The zero-order chi connectivity index (χ0) is 19.6. The Hall–Kier alpha value is -3.45. The highest BCUT2D eigenvalue weighted by Crippen LogP contribution is 2.24. The largest absolute Gasteiger partial charge is 0.356 e. The quantitative estimate of drug-likeness (QED) is 0.452. The third kappa shape index (κ3) is 3.77. The first kappa shape index (κ1) is 17.6. The fourth-order valence-electron chi connectivity index (χ4n) is 3.30. The molecule has 0 fully saturated rings. The molecule has 3 aromatic heterocycles. The molecule has 0 saturated heterocycles. The number of aryl methyl sites for hydroxylation is 1. The van der Waals surface area contributed by atoms with E-state index >= 15 is 0 Å². The number of aromatic nitrogens is 5. The van der Waals surface area contributed by atoms with E-state index in [9.17, 15) is 0 Å². The molecule has 0 amide bonds. The lowest BCUT2D eigenvalue weighted by molar-refractivity contribution is 0.760. The number of benzene rings is 2. The summed E-state index contributed by atoms with van der Waals surface area (Å²) >= 11 is 1.56. The number of fused-ring (bicyclic) bond motifs is 1. The maximum atomic E-state index is 4.69. The molecule has 1 N–H and O–H groups in total. The summed E-state index contributed by atoms with van der Waals surface area (Å²) in [7, 11) is 0. The number of rotatable bonds is 6. The third-order valence-corrected chi connectivity index (χ3v) is 5.70. The standard InChI is InChI=1S/C22H20N6S/c1-16-23-10-11-27(16)14-18-7-5-6-17(12-18)13-24-21-26-28-15-20(25-22(28)29-21)19-8-3-2-4-9-19/h2-12,15H,13-14H2,1H3,(H,24,26). The van der Waals surface area contributed by atoms with Crippen LogP contribution < -0.4 is 5.32 Å². The molecule has 0 atom stereocenters. The van der Waals surface area contributed by atoms with Crippen LogP contribution in [0.15, 0.2) is 73.2 Å². The highest BCUT2D eigenvalue weighted by molar-refractivity contribution is 7.20. The van der Waals surface area contributed by atoms with Gasteiger partial charge in [-0.05, 0) is 18.1 Å². The number of nitrogens with one attached hydrogen (secondary N) is 1. The summed E-state index contributed by atoms with van der Waals surface area (Å²) in [6.45, 7) is 3.57. The summed E-state index contributed by atoms with van der Waals surface area (Å²) in [5.74, 6) is 1.02. The molecule has 0 aliphatic rings. The number of anilines is 1. The fraction of sp³-hybridized carbons (Fsp3) is 0.136. The van der Waals surface area contributed by atoms with Crippen LogP contribution in [-0.2, 0) is 13.1 Å². The highest BCUT2D eigenvalue weighted by Gasteiger charge is 2.09. The molecule has 2 aromatic carbocycles. The van der Waals surface area contributed by atoms with Crippen LogP contribution in [0.25, 0.3) is 16.2 Å². The lowest BCUT2D eigenvalue weighted by Crippen LogP contribution is -2.03. The van der Waals surface area contributed by atoms with Crippen molar-refractivity contribution < 1.29 is 0 Å². The third-order valence-electron chi connectivity index (χ3n) is 4.82. The van der Waals surface area contributed by atoms with Crippen molar-refractivity contribution in [1.82, 2.24) is 24.1 Å². The van der Waals surface area contributed by atoms with Gasteiger partial charge in [-0.25, -0.2) is 14.5 Å². The van der Waals surface area contributed by atoms with Crippen LogP contribution in [-0.4, -0.2) is 24.1 Å². The van der Waals surface area contributed by atoms with Crippen molar-refractivity contribution >= 4 is 21.4 Å². The first-order valence-electron chi connectivity index (χ1n) is 9.46. The smallest absolute Gasteiger partial charge is 0.214 e. The molecule has 5 aromatic rings. The molecule has 0 spiro atoms. The SMILES string of the molecule is Cc1nccn1Cc1cccc(CNc2nn3cc(-c4ccccc4)nc3s2)c1. The molecule has 0 bridgehead atoms. The van der Waals surface area contributed by atoms with Crippen molar-refractivity contribution in [3.8, 4) is 11.3 Å². The maximum Gasteiger partial charge on any atom is 0.214 e. The van der Waals surface area contributed by atoms with Crippen molar-refractivity contribution in [2.24, 2.45) is 0 Å². The Morgan fingerprint density at radius 1 is 1.03 bits per heavy atom. The minimum atomic E-state index is 0.721. The predicted octanol–water partition coefficient (Wildman–Crippen LogP) is 4.62. The van der Waals surface area contributed by atoms with Crippen LogP contribution in [0.3, 0.4) is 0 Å². The van der Waals surface area contributed by atoms with Gasteiger partial charge < -0.3 is 9.88 Å². The Bertz CT molecular complexity index is 1220.